The number of rotatable bonds is 7. The quantitative estimate of drug-likeness (QED) is 0.639. The molecule has 0 radical (unpaired) electrons. The second kappa shape index (κ2) is 8.53. The third kappa shape index (κ3) is 4.85. The van der Waals surface area contributed by atoms with Gasteiger partial charge in [-0.15, -0.1) is 0 Å². The third-order valence-corrected chi connectivity index (χ3v) is 4.03. The second-order valence-corrected chi connectivity index (χ2v) is 6.04. The molecular weight excluding hydrogens is 318 g/mol. The highest BCUT2D eigenvalue weighted by molar-refractivity contribution is 6.32. The first-order valence-corrected chi connectivity index (χ1v) is 8.39. The lowest BCUT2D eigenvalue weighted by Crippen LogP contribution is -2.12. The Balaban J connectivity index is 1.52. The van der Waals surface area contributed by atoms with Crippen LogP contribution in [0.15, 0.2) is 78.9 Å². The van der Waals surface area contributed by atoms with Gasteiger partial charge in [-0.1, -0.05) is 78.3 Å². The molecule has 3 rings (SSSR count). The monoisotopic (exact) mass is 337 g/mol. The van der Waals surface area contributed by atoms with Crippen LogP contribution in [-0.2, 0) is 19.7 Å². The Labute approximate surface area is 148 Å². The van der Waals surface area contributed by atoms with Gasteiger partial charge in [0.1, 0.15) is 12.4 Å². The Morgan fingerprint density at radius 3 is 2.00 bits per heavy atom. The minimum atomic E-state index is 0.520. The minimum Gasteiger partial charge on any atom is -0.487 e. The summed E-state index contributed by atoms with van der Waals surface area (Å²) in [5, 5.41) is 4.07. The van der Waals surface area contributed by atoms with Gasteiger partial charge in [0.15, 0.2) is 0 Å². The van der Waals surface area contributed by atoms with E-state index in [1.165, 1.54) is 5.56 Å². The molecule has 3 heteroatoms. The highest BCUT2D eigenvalue weighted by atomic mass is 35.5. The number of hydrogen-bond acceptors (Lipinski definition) is 2. The van der Waals surface area contributed by atoms with Gasteiger partial charge >= 0.3 is 0 Å². The average Bonchev–Trinajstić information content (AvgIpc) is 2.63. The number of halogens is 1. The predicted molar refractivity (Wildman–Crippen MR) is 99.2 cm³/mol. The summed E-state index contributed by atoms with van der Waals surface area (Å²) in [6.07, 6.45) is 0. The van der Waals surface area contributed by atoms with Crippen LogP contribution in [0.2, 0.25) is 5.02 Å². The molecule has 0 unspecified atom stereocenters. The Morgan fingerprint density at radius 1 is 0.708 bits per heavy atom. The lowest BCUT2D eigenvalue weighted by Gasteiger charge is -2.10. The highest BCUT2D eigenvalue weighted by Crippen LogP contribution is 2.26. The molecule has 2 nitrogen and oxygen atoms in total. The summed E-state index contributed by atoms with van der Waals surface area (Å²) in [6, 6.07) is 26.4. The fourth-order valence-electron chi connectivity index (χ4n) is 2.45. The van der Waals surface area contributed by atoms with E-state index in [1.807, 2.05) is 66.7 Å². The normalized spacial score (nSPS) is 10.5. The van der Waals surface area contributed by atoms with Crippen LogP contribution in [0, 0.1) is 0 Å². The molecular formula is C21H20ClNO. The molecule has 24 heavy (non-hydrogen) atoms. The van der Waals surface area contributed by atoms with Gasteiger partial charge in [-0.05, 0) is 28.8 Å². The van der Waals surface area contributed by atoms with Crippen LogP contribution >= 0.6 is 11.6 Å². The second-order valence-electron chi connectivity index (χ2n) is 5.63. The molecule has 0 saturated carbocycles. The van der Waals surface area contributed by atoms with Gasteiger partial charge in [0.05, 0.1) is 5.02 Å². The molecule has 0 heterocycles. The maximum atomic E-state index is 6.34. The summed E-state index contributed by atoms with van der Waals surface area (Å²) < 4.78 is 5.80. The zero-order valence-corrected chi connectivity index (χ0v) is 14.2. The standard InChI is InChI=1S/C21H20ClNO/c22-20-13-19(15-23-14-17-7-3-1-4-8-17)11-12-21(20)24-16-18-9-5-2-6-10-18/h1-13,23H,14-16H2. The van der Waals surface area contributed by atoms with E-state index >= 15 is 0 Å². The zero-order chi connectivity index (χ0) is 16.6. The van der Waals surface area contributed by atoms with Crippen LogP contribution < -0.4 is 10.1 Å². The topological polar surface area (TPSA) is 21.3 Å². The van der Waals surface area contributed by atoms with Crippen molar-refractivity contribution >= 4 is 11.6 Å². The van der Waals surface area contributed by atoms with Crippen molar-refractivity contribution in [3.8, 4) is 5.75 Å². The molecule has 0 atom stereocenters. The van der Waals surface area contributed by atoms with E-state index in [2.05, 4.69) is 17.4 Å². The van der Waals surface area contributed by atoms with Crippen LogP contribution in [0.1, 0.15) is 16.7 Å². The summed E-state index contributed by atoms with van der Waals surface area (Å²) >= 11 is 6.34. The Morgan fingerprint density at radius 2 is 1.33 bits per heavy atom. The molecule has 0 aromatic heterocycles. The number of nitrogens with one attached hydrogen (secondary N) is 1. The lowest BCUT2D eigenvalue weighted by atomic mass is 10.2. The van der Waals surface area contributed by atoms with E-state index < -0.39 is 0 Å². The SMILES string of the molecule is Clc1cc(CNCc2ccccc2)ccc1OCc1ccccc1. The molecule has 3 aromatic rings. The molecule has 0 aliphatic carbocycles. The first-order valence-electron chi connectivity index (χ1n) is 8.01. The minimum absolute atomic E-state index is 0.520. The molecule has 122 valence electrons. The highest BCUT2D eigenvalue weighted by Gasteiger charge is 2.04. The number of hydrogen-bond donors (Lipinski definition) is 1. The fraction of sp³-hybridized carbons (Fsp3) is 0.143. The smallest absolute Gasteiger partial charge is 0.138 e. The van der Waals surface area contributed by atoms with Crippen molar-refractivity contribution < 1.29 is 4.74 Å². The van der Waals surface area contributed by atoms with E-state index in [-0.39, 0.29) is 0 Å². The summed E-state index contributed by atoms with van der Waals surface area (Å²) in [5.74, 6) is 0.715. The van der Waals surface area contributed by atoms with Gasteiger partial charge in [-0.3, -0.25) is 0 Å². The number of ether oxygens (including phenoxy) is 1. The van der Waals surface area contributed by atoms with Gasteiger partial charge in [-0.2, -0.15) is 0 Å². The third-order valence-electron chi connectivity index (χ3n) is 3.73. The van der Waals surface area contributed by atoms with Crippen molar-refractivity contribution in [1.29, 1.82) is 0 Å². The fourth-order valence-corrected chi connectivity index (χ4v) is 2.71. The van der Waals surface area contributed by atoms with Gasteiger partial charge < -0.3 is 10.1 Å². The van der Waals surface area contributed by atoms with Crippen LogP contribution in [0.25, 0.3) is 0 Å². The van der Waals surface area contributed by atoms with Crippen LogP contribution in [0.3, 0.4) is 0 Å². The summed E-state index contributed by atoms with van der Waals surface area (Å²) in [4.78, 5) is 0. The van der Waals surface area contributed by atoms with Gasteiger partial charge in [0.2, 0.25) is 0 Å². The lowest BCUT2D eigenvalue weighted by molar-refractivity contribution is 0.306. The maximum Gasteiger partial charge on any atom is 0.138 e. The predicted octanol–water partition coefficient (Wildman–Crippen LogP) is 5.21. The van der Waals surface area contributed by atoms with Crippen LogP contribution in [0.5, 0.6) is 5.75 Å². The van der Waals surface area contributed by atoms with Gasteiger partial charge in [0, 0.05) is 13.1 Å². The molecule has 3 aromatic carbocycles. The maximum absolute atomic E-state index is 6.34. The van der Waals surface area contributed by atoms with Crippen molar-refractivity contribution in [2.24, 2.45) is 0 Å². The zero-order valence-electron chi connectivity index (χ0n) is 13.4. The molecule has 0 aliphatic heterocycles. The Kier molecular flexibility index (Phi) is 5.89. The van der Waals surface area contributed by atoms with E-state index in [1.54, 1.807) is 0 Å². The molecule has 0 bridgehead atoms. The van der Waals surface area contributed by atoms with Gasteiger partial charge in [-0.25, -0.2) is 0 Å². The van der Waals surface area contributed by atoms with E-state index in [0.717, 1.165) is 24.2 Å². The summed E-state index contributed by atoms with van der Waals surface area (Å²) in [6.45, 7) is 2.13. The molecule has 0 spiro atoms. The molecule has 0 amide bonds. The number of benzene rings is 3. The Bertz CT molecular complexity index is 759. The van der Waals surface area contributed by atoms with E-state index in [9.17, 15) is 0 Å². The van der Waals surface area contributed by atoms with Crippen molar-refractivity contribution in [2.45, 2.75) is 19.7 Å². The van der Waals surface area contributed by atoms with Crippen LogP contribution in [0.4, 0.5) is 0 Å². The first kappa shape index (κ1) is 16.6. The van der Waals surface area contributed by atoms with Crippen molar-refractivity contribution in [2.75, 3.05) is 0 Å². The Hall–Kier alpha value is -2.29. The van der Waals surface area contributed by atoms with Crippen molar-refractivity contribution in [3.63, 3.8) is 0 Å². The average molecular weight is 338 g/mol. The van der Waals surface area contributed by atoms with Gasteiger partial charge in [0.25, 0.3) is 0 Å². The molecule has 1 N–H and O–H groups in total. The van der Waals surface area contributed by atoms with Crippen molar-refractivity contribution in [3.05, 3.63) is 101 Å². The molecule has 0 aliphatic rings. The summed E-state index contributed by atoms with van der Waals surface area (Å²) in [7, 11) is 0. The molecule has 0 saturated heterocycles. The van der Waals surface area contributed by atoms with Crippen molar-refractivity contribution in [1.82, 2.24) is 5.32 Å². The van der Waals surface area contributed by atoms with Crippen LogP contribution in [-0.4, -0.2) is 0 Å². The van der Waals surface area contributed by atoms with E-state index in [4.69, 9.17) is 16.3 Å². The molecule has 0 fully saturated rings. The first-order chi connectivity index (χ1) is 11.8. The summed E-state index contributed by atoms with van der Waals surface area (Å²) in [5.41, 5.74) is 3.54. The largest absolute Gasteiger partial charge is 0.487 e. The van der Waals surface area contributed by atoms with E-state index in [0.29, 0.717) is 17.4 Å².